The van der Waals surface area contributed by atoms with Gasteiger partial charge in [0.25, 0.3) is 11.8 Å². The Kier molecular flexibility index (Phi) is 7.11. The molecule has 10 heteroatoms. The van der Waals surface area contributed by atoms with E-state index in [-0.39, 0.29) is 36.8 Å². The SMILES string of the molecule is COc1ccc2cc1OCC(=O)NCc1cc(C(=O)NCC3CC(=O)N(c4ccccc4)C3)cc(c1)-n1ccnc1-2. The van der Waals surface area contributed by atoms with Crippen LogP contribution in [0.5, 0.6) is 11.5 Å². The summed E-state index contributed by atoms with van der Waals surface area (Å²) in [4.78, 5) is 44.9. The summed E-state index contributed by atoms with van der Waals surface area (Å²) < 4.78 is 13.1. The Morgan fingerprint density at radius 1 is 1.10 bits per heavy atom. The van der Waals surface area contributed by atoms with Crippen LogP contribution >= 0.6 is 0 Å². The number of hydrogen-bond acceptors (Lipinski definition) is 6. The highest BCUT2D eigenvalue weighted by Gasteiger charge is 2.30. The maximum absolute atomic E-state index is 13.4. The molecule has 0 saturated carbocycles. The minimum absolute atomic E-state index is 0.000255. The standard InChI is InChI=1S/C31H29N5O5/c1-40-26-8-7-22-15-27(26)41-19-28(37)33-16-20-11-23(14-25(12-20)35-10-9-32-30(22)35)31(39)34-17-21-13-29(38)36(18-21)24-5-3-2-4-6-24/h2-12,14-15,21H,13,16-19H2,1H3,(H,33,37)(H,34,39). The Morgan fingerprint density at radius 3 is 2.78 bits per heavy atom. The maximum Gasteiger partial charge on any atom is 0.258 e. The molecule has 2 aliphatic heterocycles. The highest BCUT2D eigenvalue weighted by atomic mass is 16.5. The van der Waals surface area contributed by atoms with Crippen LogP contribution in [0.4, 0.5) is 5.69 Å². The molecule has 41 heavy (non-hydrogen) atoms. The zero-order valence-corrected chi connectivity index (χ0v) is 22.5. The van der Waals surface area contributed by atoms with E-state index in [1.165, 1.54) is 0 Å². The minimum Gasteiger partial charge on any atom is -0.493 e. The zero-order chi connectivity index (χ0) is 28.3. The molecule has 4 aromatic rings. The summed E-state index contributed by atoms with van der Waals surface area (Å²) in [7, 11) is 1.54. The van der Waals surface area contributed by atoms with Crippen LogP contribution in [0.3, 0.4) is 0 Å². The molecule has 3 aromatic carbocycles. The first-order chi connectivity index (χ1) is 20.0. The Hall–Kier alpha value is -5.12. The van der Waals surface area contributed by atoms with Crippen LogP contribution in [0.2, 0.25) is 0 Å². The summed E-state index contributed by atoms with van der Waals surface area (Å²) in [6.45, 7) is 0.927. The van der Waals surface area contributed by atoms with Gasteiger partial charge in [-0.2, -0.15) is 0 Å². The molecule has 3 amide bonds. The van der Waals surface area contributed by atoms with Crippen molar-refractivity contribution < 1.29 is 23.9 Å². The van der Waals surface area contributed by atoms with Gasteiger partial charge in [-0.3, -0.25) is 19.0 Å². The van der Waals surface area contributed by atoms with Crippen LogP contribution in [0, 0.1) is 5.92 Å². The van der Waals surface area contributed by atoms with E-state index in [0.717, 1.165) is 22.5 Å². The molecule has 0 aliphatic carbocycles. The van der Waals surface area contributed by atoms with Crippen molar-refractivity contribution >= 4 is 23.4 Å². The van der Waals surface area contributed by atoms with Gasteiger partial charge in [-0.25, -0.2) is 4.98 Å². The van der Waals surface area contributed by atoms with Crippen molar-refractivity contribution in [1.82, 2.24) is 20.2 Å². The molecule has 6 rings (SSSR count). The third-order valence-corrected chi connectivity index (χ3v) is 7.25. The van der Waals surface area contributed by atoms with E-state index in [4.69, 9.17) is 9.47 Å². The van der Waals surface area contributed by atoms with Gasteiger partial charge in [-0.15, -0.1) is 0 Å². The monoisotopic (exact) mass is 551 g/mol. The third kappa shape index (κ3) is 5.49. The number of ether oxygens (including phenoxy) is 2. The second kappa shape index (κ2) is 11.2. The number of rotatable bonds is 5. The van der Waals surface area contributed by atoms with Crippen molar-refractivity contribution in [3.05, 3.63) is 90.3 Å². The number of fused-ring (bicyclic) bond motifs is 7. The molecule has 1 atom stereocenters. The lowest BCUT2D eigenvalue weighted by atomic mass is 10.1. The molecule has 0 spiro atoms. The van der Waals surface area contributed by atoms with Crippen molar-refractivity contribution in [2.45, 2.75) is 13.0 Å². The minimum atomic E-state index is -0.306. The molecule has 0 radical (unpaired) electrons. The first-order valence-electron chi connectivity index (χ1n) is 13.4. The van der Waals surface area contributed by atoms with Crippen LogP contribution in [-0.2, 0) is 16.1 Å². The summed E-state index contributed by atoms with van der Waals surface area (Å²) in [5, 5.41) is 5.87. The largest absolute Gasteiger partial charge is 0.493 e. The number of aromatic nitrogens is 2. The third-order valence-electron chi connectivity index (χ3n) is 7.25. The highest BCUT2D eigenvalue weighted by molar-refractivity contribution is 5.97. The number of carbonyl (C=O) groups excluding carboxylic acids is 3. The van der Waals surface area contributed by atoms with E-state index >= 15 is 0 Å². The van der Waals surface area contributed by atoms with Crippen LogP contribution in [0.1, 0.15) is 22.3 Å². The highest BCUT2D eigenvalue weighted by Crippen LogP contribution is 2.33. The van der Waals surface area contributed by atoms with Crippen LogP contribution < -0.4 is 25.0 Å². The quantitative estimate of drug-likeness (QED) is 0.393. The lowest BCUT2D eigenvalue weighted by Crippen LogP contribution is -2.31. The molecule has 1 aromatic heterocycles. The molecule has 3 heterocycles. The Labute approximate surface area is 236 Å². The molecule has 2 aliphatic rings. The van der Waals surface area contributed by atoms with Gasteiger partial charge >= 0.3 is 0 Å². The normalized spacial score (nSPS) is 16.4. The first-order valence-corrected chi connectivity index (χ1v) is 13.4. The molecule has 1 fully saturated rings. The summed E-state index contributed by atoms with van der Waals surface area (Å²) in [5.41, 5.74) is 3.53. The van der Waals surface area contributed by atoms with Crippen molar-refractivity contribution in [2.75, 3.05) is 31.7 Å². The summed E-state index contributed by atoms with van der Waals surface area (Å²) in [6, 6.07) is 20.4. The molecular formula is C31H29N5O5. The van der Waals surface area contributed by atoms with Crippen LogP contribution in [0.25, 0.3) is 17.1 Å². The lowest BCUT2D eigenvalue weighted by Gasteiger charge is -2.17. The summed E-state index contributed by atoms with van der Waals surface area (Å²) in [5.74, 6) is 1.06. The summed E-state index contributed by atoms with van der Waals surface area (Å²) in [6.07, 6.45) is 3.88. The van der Waals surface area contributed by atoms with Gasteiger partial charge < -0.3 is 25.0 Å². The number of anilines is 1. The maximum atomic E-state index is 13.4. The zero-order valence-electron chi connectivity index (χ0n) is 22.5. The number of nitrogens with one attached hydrogen (secondary N) is 2. The molecular weight excluding hydrogens is 522 g/mol. The second-order valence-corrected chi connectivity index (χ2v) is 10.1. The molecule has 4 bridgehead atoms. The van der Waals surface area contributed by atoms with Crippen molar-refractivity contribution in [3.63, 3.8) is 0 Å². The van der Waals surface area contributed by atoms with E-state index in [0.29, 0.717) is 42.4 Å². The van der Waals surface area contributed by atoms with E-state index < -0.39 is 0 Å². The van der Waals surface area contributed by atoms with Crippen molar-refractivity contribution in [1.29, 1.82) is 0 Å². The van der Waals surface area contributed by atoms with Crippen LogP contribution in [0.15, 0.2) is 79.1 Å². The molecule has 10 nitrogen and oxygen atoms in total. The van der Waals surface area contributed by atoms with Crippen molar-refractivity contribution in [3.8, 4) is 28.6 Å². The number of methoxy groups -OCH3 is 1. The Morgan fingerprint density at radius 2 is 1.95 bits per heavy atom. The van der Waals surface area contributed by atoms with Crippen LogP contribution in [-0.4, -0.2) is 54.1 Å². The van der Waals surface area contributed by atoms with Crippen molar-refractivity contribution in [2.24, 2.45) is 5.92 Å². The van der Waals surface area contributed by atoms with Gasteiger partial charge in [0, 0.05) is 66.9 Å². The molecule has 208 valence electrons. The number of benzene rings is 3. The first kappa shape index (κ1) is 26.1. The molecule has 1 saturated heterocycles. The number of hydrogen-bond donors (Lipinski definition) is 2. The average Bonchev–Trinajstić information content (AvgIpc) is 3.64. The Bertz CT molecular complexity index is 1620. The van der Waals surface area contributed by atoms with Gasteiger partial charge in [-0.05, 0) is 54.1 Å². The average molecular weight is 552 g/mol. The van der Waals surface area contributed by atoms with Gasteiger partial charge in [0.1, 0.15) is 5.82 Å². The number of imidazole rings is 1. The van der Waals surface area contributed by atoms with E-state index in [1.807, 2.05) is 53.2 Å². The van der Waals surface area contributed by atoms with Gasteiger partial charge in [0.2, 0.25) is 5.91 Å². The fourth-order valence-corrected chi connectivity index (χ4v) is 5.21. The molecule has 2 N–H and O–H groups in total. The number of amides is 3. The predicted octanol–water partition coefficient (Wildman–Crippen LogP) is 3.34. The van der Waals surface area contributed by atoms with Gasteiger partial charge in [0.15, 0.2) is 18.1 Å². The Balaban J connectivity index is 1.26. The van der Waals surface area contributed by atoms with E-state index in [1.54, 1.807) is 42.5 Å². The second-order valence-electron chi connectivity index (χ2n) is 10.1. The lowest BCUT2D eigenvalue weighted by molar-refractivity contribution is -0.123. The number of para-hydroxylation sites is 1. The van der Waals surface area contributed by atoms with E-state index in [2.05, 4.69) is 15.6 Å². The topological polar surface area (TPSA) is 115 Å². The fourth-order valence-electron chi connectivity index (χ4n) is 5.21. The predicted molar refractivity (Wildman–Crippen MR) is 152 cm³/mol. The number of carbonyl (C=O) groups is 3. The van der Waals surface area contributed by atoms with E-state index in [9.17, 15) is 14.4 Å². The fraction of sp³-hybridized carbons (Fsp3) is 0.226. The number of nitrogens with zero attached hydrogens (tertiary/aromatic N) is 3. The van der Waals surface area contributed by atoms with Gasteiger partial charge in [-0.1, -0.05) is 18.2 Å². The summed E-state index contributed by atoms with van der Waals surface area (Å²) >= 11 is 0. The van der Waals surface area contributed by atoms with Gasteiger partial charge in [0.05, 0.1) is 7.11 Å². The smallest absolute Gasteiger partial charge is 0.258 e. The molecule has 1 unspecified atom stereocenters.